The Morgan fingerprint density at radius 3 is 2.44 bits per heavy atom. The number of hydrogen-bond acceptors (Lipinski definition) is 1. The average molecular weight is 339 g/mol. The zero-order chi connectivity index (χ0) is 17.6. The molecule has 0 aliphatic heterocycles. The molecule has 0 bridgehead atoms. The number of benzene rings is 3. The van der Waals surface area contributed by atoms with Crippen LogP contribution in [-0.4, -0.2) is 6.54 Å². The summed E-state index contributed by atoms with van der Waals surface area (Å²) in [4.78, 5) is 0. The van der Waals surface area contributed by atoms with Crippen molar-refractivity contribution < 1.29 is 8.78 Å². The van der Waals surface area contributed by atoms with Gasteiger partial charge in [-0.1, -0.05) is 60.7 Å². The molecule has 25 heavy (non-hydrogen) atoms. The first-order chi connectivity index (χ1) is 12.1. The van der Waals surface area contributed by atoms with Crippen LogP contribution in [0.5, 0.6) is 0 Å². The highest BCUT2D eigenvalue weighted by Crippen LogP contribution is 2.21. The Morgan fingerprint density at radius 2 is 1.64 bits per heavy atom. The molecule has 0 radical (unpaired) electrons. The standard InChI is InChI=1S/C22H23F2N/c1-16(19-12-11-18-8-2-3-9-20(18)15-19)25-13-5-7-17-6-4-10-21(14-17)22(23)24/h2-4,6,8-12,14-16,22,25H,5,7,13H2,1H3/t16-/m1/s1. The fourth-order valence-electron chi connectivity index (χ4n) is 3.09. The van der Waals surface area contributed by atoms with Crippen LogP contribution in [0.2, 0.25) is 0 Å². The second-order valence-corrected chi connectivity index (χ2v) is 6.43. The third-order valence-corrected chi connectivity index (χ3v) is 4.57. The van der Waals surface area contributed by atoms with Crippen LogP contribution >= 0.6 is 0 Å². The van der Waals surface area contributed by atoms with E-state index in [9.17, 15) is 8.78 Å². The molecule has 0 spiro atoms. The van der Waals surface area contributed by atoms with Crippen LogP contribution in [-0.2, 0) is 6.42 Å². The minimum absolute atomic E-state index is 0.106. The van der Waals surface area contributed by atoms with Crippen molar-refractivity contribution in [2.24, 2.45) is 0 Å². The molecule has 3 rings (SSSR count). The Bertz CT molecular complexity index is 829. The van der Waals surface area contributed by atoms with Crippen molar-refractivity contribution in [2.75, 3.05) is 6.54 Å². The molecular formula is C22H23F2N. The van der Waals surface area contributed by atoms with Crippen molar-refractivity contribution in [1.82, 2.24) is 5.32 Å². The van der Waals surface area contributed by atoms with Crippen molar-refractivity contribution >= 4 is 10.8 Å². The summed E-state index contributed by atoms with van der Waals surface area (Å²) in [5.41, 5.74) is 2.34. The van der Waals surface area contributed by atoms with Gasteiger partial charge in [0, 0.05) is 11.6 Å². The molecule has 3 heteroatoms. The number of halogens is 2. The van der Waals surface area contributed by atoms with E-state index in [2.05, 4.69) is 48.6 Å². The van der Waals surface area contributed by atoms with E-state index in [0.717, 1.165) is 24.9 Å². The molecule has 1 nitrogen and oxygen atoms in total. The van der Waals surface area contributed by atoms with Gasteiger partial charge in [0.1, 0.15) is 0 Å². The van der Waals surface area contributed by atoms with E-state index in [0.29, 0.717) is 0 Å². The highest BCUT2D eigenvalue weighted by molar-refractivity contribution is 5.83. The SMILES string of the molecule is C[C@@H](NCCCc1cccc(C(F)F)c1)c1ccc2ccccc2c1. The van der Waals surface area contributed by atoms with E-state index >= 15 is 0 Å². The summed E-state index contributed by atoms with van der Waals surface area (Å²) < 4.78 is 25.5. The van der Waals surface area contributed by atoms with Crippen molar-refractivity contribution in [1.29, 1.82) is 0 Å². The lowest BCUT2D eigenvalue weighted by atomic mass is 10.0. The molecule has 0 saturated carbocycles. The first-order valence-electron chi connectivity index (χ1n) is 8.72. The van der Waals surface area contributed by atoms with E-state index in [1.54, 1.807) is 12.1 Å². The van der Waals surface area contributed by atoms with E-state index in [1.807, 2.05) is 12.1 Å². The van der Waals surface area contributed by atoms with Crippen molar-refractivity contribution in [3.05, 3.63) is 83.4 Å². The number of aryl methyl sites for hydroxylation is 1. The van der Waals surface area contributed by atoms with E-state index in [4.69, 9.17) is 0 Å². The van der Waals surface area contributed by atoms with Gasteiger partial charge >= 0.3 is 0 Å². The fraction of sp³-hybridized carbons (Fsp3) is 0.273. The van der Waals surface area contributed by atoms with E-state index in [1.165, 1.54) is 22.4 Å². The molecule has 0 amide bonds. The highest BCUT2D eigenvalue weighted by Gasteiger charge is 2.08. The lowest BCUT2D eigenvalue weighted by molar-refractivity contribution is 0.151. The Kier molecular flexibility index (Phi) is 5.77. The minimum Gasteiger partial charge on any atom is -0.310 e. The van der Waals surface area contributed by atoms with Gasteiger partial charge in [0.25, 0.3) is 6.43 Å². The summed E-state index contributed by atoms with van der Waals surface area (Å²) in [6.07, 6.45) is -0.672. The molecule has 0 aliphatic carbocycles. The monoisotopic (exact) mass is 339 g/mol. The molecule has 0 fully saturated rings. The molecular weight excluding hydrogens is 316 g/mol. The van der Waals surface area contributed by atoms with Crippen LogP contribution in [0.3, 0.4) is 0 Å². The van der Waals surface area contributed by atoms with Gasteiger partial charge in [-0.05, 0) is 54.3 Å². The van der Waals surface area contributed by atoms with Gasteiger partial charge in [-0.15, -0.1) is 0 Å². The summed E-state index contributed by atoms with van der Waals surface area (Å²) in [5.74, 6) is 0. The second kappa shape index (κ2) is 8.21. The van der Waals surface area contributed by atoms with E-state index < -0.39 is 6.43 Å². The Balaban J connectivity index is 1.52. The summed E-state index contributed by atoms with van der Waals surface area (Å²) in [6.45, 7) is 3.01. The topological polar surface area (TPSA) is 12.0 Å². The summed E-state index contributed by atoms with van der Waals surface area (Å²) in [5, 5.41) is 6.02. The second-order valence-electron chi connectivity index (χ2n) is 6.43. The van der Waals surface area contributed by atoms with Crippen LogP contribution in [0.1, 0.15) is 42.5 Å². The summed E-state index contributed by atoms with van der Waals surface area (Å²) in [7, 11) is 0. The van der Waals surface area contributed by atoms with Gasteiger partial charge < -0.3 is 5.32 Å². The third kappa shape index (κ3) is 4.64. The fourth-order valence-corrected chi connectivity index (χ4v) is 3.09. The van der Waals surface area contributed by atoms with Gasteiger partial charge in [0.2, 0.25) is 0 Å². The molecule has 0 aliphatic rings. The quantitative estimate of drug-likeness (QED) is 0.516. The molecule has 3 aromatic carbocycles. The van der Waals surface area contributed by atoms with Crippen LogP contribution in [0.4, 0.5) is 8.78 Å². The molecule has 0 saturated heterocycles. The zero-order valence-electron chi connectivity index (χ0n) is 14.4. The minimum atomic E-state index is -2.40. The van der Waals surface area contributed by atoms with Crippen molar-refractivity contribution in [3.8, 4) is 0 Å². The molecule has 1 atom stereocenters. The zero-order valence-corrected chi connectivity index (χ0v) is 14.4. The van der Waals surface area contributed by atoms with Crippen LogP contribution < -0.4 is 5.32 Å². The van der Waals surface area contributed by atoms with Gasteiger partial charge in [-0.2, -0.15) is 0 Å². The number of alkyl halides is 2. The number of nitrogens with one attached hydrogen (secondary N) is 1. The Labute approximate surface area is 147 Å². The largest absolute Gasteiger partial charge is 0.310 e. The van der Waals surface area contributed by atoms with Crippen LogP contribution in [0, 0.1) is 0 Å². The molecule has 130 valence electrons. The molecule has 0 aromatic heterocycles. The number of hydrogen-bond donors (Lipinski definition) is 1. The maximum absolute atomic E-state index is 12.7. The first kappa shape index (κ1) is 17.6. The lowest BCUT2D eigenvalue weighted by Crippen LogP contribution is -2.20. The molecule has 3 aromatic rings. The maximum Gasteiger partial charge on any atom is 0.263 e. The number of rotatable bonds is 7. The van der Waals surface area contributed by atoms with Gasteiger partial charge in [-0.3, -0.25) is 0 Å². The summed E-state index contributed by atoms with van der Waals surface area (Å²) >= 11 is 0. The first-order valence-corrected chi connectivity index (χ1v) is 8.72. The average Bonchev–Trinajstić information content (AvgIpc) is 2.65. The highest BCUT2D eigenvalue weighted by atomic mass is 19.3. The Morgan fingerprint density at radius 1 is 0.840 bits per heavy atom. The van der Waals surface area contributed by atoms with Gasteiger partial charge in [-0.25, -0.2) is 8.78 Å². The smallest absolute Gasteiger partial charge is 0.263 e. The van der Waals surface area contributed by atoms with Crippen molar-refractivity contribution in [2.45, 2.75) is 32.2 Å². The van der Waals surface area contributed by atoms with Crippen molar-refractivity contribution in [3.63, 3.8) is 0 Å². The predicted molar refractivity (Wildman–Crippen MR) is 100 cm³/mol. The molecule has 1 N–H and O–H groups in total. The van der Waals surface area contributed by atoms with Crippen LogP contribution in [0.25, 0.3) is 10.8 Å². The summed E-state index contributed by atoms with van der Waals surface area (Å²) in [6, 6.07) is 21.9. The van der Waals surface area contributed by atoms with Crippen LogP contribution in [0.15, 0.2) is 66.7 Å². The number of fused-ring (bicyclic) bond motifs is 1. The normalized spacial score (nSPS) is 12.6. The van der Waals surface area contributed by atoms with Gasteiger partial charge in [0.15, 0.2) is 0 Å². The maximum atomic E-state index is 12.7. The Hall–Kier alpha value is -2.26. The molecule has 0 heterocycles. The predicted octanol–water partition coefficient (Wildman–Crippen LogP) is 6.06. The third-order valence-electron chi connectivity index (χ3n) is 4.57. The molecule has 0 unspecified atom stereocenters. The lowest BCUT2D eigenvalue weighted by Gasteiger charge is -2.15. The van der Waals surface area contributed by atoms with E-state index in [-0.39, 0.29) is 11.6 Å². The van der Waals surface area contributed by atoms with Gasteiger partial charge in [0.05, 0.1) is 0 Å².